The van der Waals surface area contributed by atoms with Crippen molar-refractivity contribution in [1.82, 2.24) is 0 Å². The highest BCUT2D eigenvalue weighted by Gasteiger charge is 2.17. The van der Waals surface area contributed by atoms with Crippen LogP contribution < -0.4 is 16.0 Å². The van der Waals surface area contributed by atoms with E-state index in [1.165, 1.54) is 19.3 Å². The van der Waals surface area contributed by atoms with Gasteiger partial charge in [0.05, 0.1) is 11.4 Å². The van der Waals surface area contributed by atoms with Gasteiger partial charge in [-0.2, -0.15) is 0 Å². The topological polar surface area (TPSA) is 58.4 Å². The van der Waals surface area contributed by atoms with Crippen molar-refractivity contribution in [2.75, 3.05) is 29.0 Å². The van der Waals surface area contributed by atoms with Crippen LogP contribution in [0.15, 0.2) is 42.5 Å². The Balaban J connectivity index is 1.86. The third-order valence-electron chi connectivity index (χ3n) is 4.05. The average molecular weight is 330 g/mol. The third-order valence-corrected chi connectivity index (χ3v) is 4.29. The predicted molar refractivity (Wildman–Crippen MR) is 96.3 cm³/mol. The minimum atomic E-state index is -0.183. The Hall–Kier alpha value is -2.20. The van der Waals surface area contributed by atoms with E-state index in [4.69, 9.17) is 17.3 Å². The van der Waals surface area contributed by atoms with Gasteiger partial charge in [-0.25, -0.2) is 0 Å². The summed E-state index contributed by atoms with van der Waals surface area (Å²) in [6.07, 6.45) is 3.60. The second-order valence-electron chi connectivity index (χ2n) is 5.79. The number of halogens is 1. The summed E-state index contributed by atoms with van der Waals surface area (Å²) in [5.74, 6) is -0.183. The second kappa shape index (κ2) is 6.92. The summed E-state index contributed by atoms with van der Waals surface area (Å²) in [7, 11) is 0. The molecule has 23 heavy (non-hydrogen) atoms. The largest absolute Gasteiger partial charge is 0.399 e. The smallest absolute Gasteiger partial charge is 0.255 e. The maximum atomic E-state index is 12.5. The fraction of sp³-hybridized carbons (Fsp3) is 0.278. The molecule has 2 aromatic carbocycles. The lowest BCUT2D eigenvalue weighted by Crippen LogP contribution is -2.30. The molecule has 0 spiro atoms. The van der Waals surface area contributed by atoms with Crippen molar-refractivity contribution < 1.29 is 4.79 Å². The van der Waals surface area contributed by atoms with E-state index < -0.39 is 0 Å². The number of hydrogen-bond acceptors (Lipinski definition) is 3. The molecule has 0 unspecified atom stereocenters. The summed E-state index contributed by atoms with van der Waals surface area (Å²) < 4.78 is 0. The molecule has 0 aromatic heterocycles. The van der Waals surface area contributed by atoms with Crippen molar-refractivity contribution >= 4 is 34.6 Å². The molecule has 3 rings (SSSR count). The Morgan fingerprint density at radius 3 is 2.61 bits per heavy atom. The SMILES string of the molecule is Nc1cccc(C(=O)Nc2cc(Cl)ccc2N2CCCCC2)c1. The van der Waals surface area contributed by atoms with Gasteiger partial charge < -0.3 is 16.0 Å². The van der Waals surface area contributed by atoms with E-state index in [1.807, 2.05) is 12.1 Å². The van der Waals surface area contributed by atoms with E-state index in [-0.39, 0.29) is 5.91 Å². The zero-order valence-electron chi connectivity index (χ0n) is 12.9. The molecule has 4 nitrogen and oxygen atoms in total. The second-order valence-corrected chi connectivity index (χ2v) is 6.23. The van der Waals surface area contributed by atoms with Crippen LogP contribution in [0.25, 0.3) is 0 Å². The first-order valence-corrected chi connectivity index (χ1v) is 8.23. The van der Waals surface area contributed by atoms with Crippen molar-refractivity contribution in [2.45, 2.75) is 19.3 Å². The molecule has 5 heteroatoms. The standard InChI is InChI=1S/C18H20ClN3O/c19-14-7-8-17(22-9-2-1-3-10-22)16(12-14)21-18(23)13-5-4-6-15(20)11-13/h4-8,11-12H,1-3,9-10,20H2,(H,21,23). The molecule has 0 atom stereocenters. The first kappa shape index (κ1) is 15.7. The van der Waals surface area contributed by atoms with Gasteiger partial charge in [0.15, 0.2) is 0 Å². The van der Waals surface area contributed by atoms with Crippen molar-refractivity contribution in [2.24, 2.45) is 0 Å². The Labute approximate surface area is 141 Å². The fourth-order valence-corrected chi connectivity index (χ4v) is 3.07. The van der Waals surface area contributed by atoms with Crippen molar-refractivity contribution in [1.29, 1.82) is 0 Å². The van der Waals surface area contributed by atoms with Crippen LogP contribution >= 0.6 is 11.6 Å². The van der Waals surface area contributed by atoms with E-state index in [2.05, 4.69) is 10.2 Å². The number of nitrogens with zero attached hydrogens (tertiary/aromatic N) is 1. The predicted octanol–water partition coefficient (Wildman–Crippen LogP) is 4.16. The van der Waals surface area contributed by atoms with Crippen LogP contribution in [0.2, 0.25) is 5.02 Å². The van der Waals surface area contributed by atoms with E-state index >= 15 is 0 Å². The zero-order chi connectivity index (χ0) is 16.2. The summed E-state index contributed by atoms with van der Waals surface area (Å²) in [5.41, 5.74) is 8.62. The molecule has 1 aliphatic rings. The molecule has 0 aliphatic carbocycles. The number of carbonyl (C=O) groups excluding carboxylic acids is 1. The Kier molecular flexibility index (Phi) is 4.72. The molecule has 120 valence electrons. The highest BCUT2D eigenvalue weighted by molar-refractivity contribution is 6.31. The summed E-state index contributed by atoms with van der Waals surface area (Å²) in [4.78, 5) is 14.8. The van der Waals surface area contributed by atoms with Gasteiger partial charge in [0.25, 0.3) is 5.91 Å². The Morgan fingerprint density at radius 1 is 1.09 bits per heavy atom. The molecule has 1 heterocycles. The minimum Gasteiger partial charge on any atom is -0.399 e. The van der Waals surface area contributed by atoms with Gasteiger partial charge in [-0.3, -0.25) is 4.79 Å². The van der Waals surface area contributed by atoms with Gasteiger partial charge >= 0.3 is 0 Å². The van der Waals surface area contributed by atoms with E-state index in [9.17, 15) is 4.79 Å². The number of nitrogens with two attached hydrogens (primary N) is 1. The molecule has 2 aromatic rings. The quantitative estimate of drug-likeness (QED) is 0.831. The normalized spacial score (nSPS) is 14.6. The Morgan fingerprint density at radius 2 is 1.87 bits per heavy atom. The molecule has 1 saturated heterocycles. The summed E-state index contributed by atoms with van der Waals surface area (Å²) in [6.45, 7) is 2.01. The molecule has 0 bridgehead atoms. The number of carbonyl (C=O) groups is 1. The van der Waals surface area contributed by atoms with Crippen LogP contribution in [0.1, 0.15) is 29.6 Å². The molecule has 1 amide bonds. The van der Waals surface area contributed by atoms with Crippen molar-refractivity contribution in [3.05, 3.63) is 53.1 Å². The first-order chi connectivity index (χ1) is 11.1. The number of hydrogen-bond donors (Lipinski definition) is 2. The number of anilines is 3. The molecule has 3 N–H and O–H groups in total. The van der Waals surface area contributed by atoms with Gasteiger partial charge in [-0.1, -0.05) is 17.7 Å². The summed E-state index contributed by atoms with van der Waals surface area (Å²) >= 11 is 6.12. The van der Waals surface area contributed by atoms with Crippen LogP contribution in [0.3, 0.4) is 0 Å². The lowest BCUT2D eigenvalue weighted by atomic mass is 10.1. The van der Waals surface area contributed by atoms with E-state index in [0.29, 0.717) is 16.3 Å². The number of benzene rings is 2. The first-order valence-electron chi connectivity index (χ1n) is 7.85. The van der Waals surface area contributed by atoms with Crippen molar-refractivity contribution in [3.63, 3.8) is 0 Å². The summed E-state index contributed by atoms with van der Waals surface area (Å²) in [5, 5.41) is 3.58. The van der Waals surface area contributed by atoms with Gasteiger partial charge in [0.2, 0.25) is 0 Å². The zero-order valence-corrected chi connectivity index (χ0v) is 13.6. The fourth-order valence-electron chi connectivity index (χ4n) is 2.89. The lowest BCUT2D eigenvalue weighted by molar-refractivity contribution is 0.102. The summed E-state index contributed by atoms with van der Waals surface area (Å²) in [6, 6.07) is 12.6. The van der Waals surface area contributed by atoms with Crippen LogP contribution in [-0.2, 0) is 0 Å². The highest BCUT2D eigenvalue weighted by Crippen LogP contribution is 2.31. The van der Waals surface area contributed by atoms with Crippen LogP contribution in [0.5, 0.6) is 0 Å². The lowest BCUT2D eigenvalue weighted by Gasteiger charge is -2.30. The molecule has 0 saturated carbocycles. The number of amides is 1. The van der Waals surface area contributed by atoms with Crippen LogP contribution in [0, 0.1) is 0 Å². The minimum absolute atomic E-state index is 0.183. The number of piperidine rings is 1. The van der Waals surface area contributed by atoms with E-state index in [1.54, 1.807) is 30.3 Å². The molecular formula is C18H20ClN3O. The molecular weight excluding hydrogens is 310 g/mol. The van der Waals surface area contributed by atoms with Crippen LogP contribution in [0.4, 0.5) is 17.1 Å². The highest BCUT2D eigenvalue weighted by atomic mass is 35.5. The van der Waals surface area contributed by atoms with Crippen molar-refractivity contribution in [3.8, 4) is 0 Å². The van der Waals surface area contributed by atoms with Gasteiger partial charge in [0.1, 0.15) is 0 Å². The van der Waals surface area contributed by atoms with Gasteiger partial charge in [0, 0.05) is 29.4 Å². The van der Waals surface area contributed by atoms with Crippen LogP contribution in [-0.4, -0.2) is 19.0 Å². The number of nitrogen functional groups attached to an aromatic ring is 1. The molecule has 0 radical (unpaired) electrons. The molecule has 1 aliphatic heterocycles. The average Bonchev–Trinajstić information content (AvgIpc) is 2.56. The van der Waals surface area contributed by atoms with Gasteiger partial charge in [-0.05, 0) is 55.7 Å². The monoisotopic (exact) mass is 329 g/mol. The number of nitrogens with one attached hydrogen (secondary N) is 1. The Bertz CT molecular complexity index is 711. The third kappa shape index (κ3) is 3.77. The van der Waals surface area contributed by atoms with E-state index in [0.717, 1.165) is 24.5 Å². The maximum Gasteiger partial charge on any atom is 0.255 e. The molecule has 1 fully saturated rings. The van der Waals surface area contributed by atoms with Gasteiger partial charge in [-0.15, -0.1) is 0 Å². The number of rotatable bonds is 3. The maximum absolute atomic E-state index is 12.5.